The smallest absolute Gasteiger partial charge is 0.249 e. The van der Waals surface area contributed by atoms with Crippen LogP contribution in [0.15, 0.2) is 17.0 Å². The van der Waals surface area contributed by atoms with Crippen molar-refractivity contribution in [3.05, 3.63) is 29.6 Å². The molecular weight excluding hydrogens is 311 g/mol. The van der Waals surface area contributed by atoms with E-state index in [0.29, 0.717) is 4.31 Å². The number of benzene rings is 1. The van der Waals surface area contributed by atoms with Crippen LogP contribution in [-0.4, -0.2) is 44.3 Å². The second-order valence-corrected chi connectivity index (χ2v) is 6.26. The van der Waals surface area contributed by atoms with Crippen LogP contribution in [0.4, 0.5) is 13.2 Å². The first kappa shape index (κ1) is 15.7. The normalized spacial score (nSPS) is 20.4. The van der Waals surface area contributed by atoms with E-state index in [1.807, 2.05) is 0 Å². The van der Waals surface area contributed by atoms with E-state index < -0.39 is 44.3 Å². The maximum Gasteiger partial charge on any atom is 0.249 e. The standard InChI is InChI=1S/C11H12F3N3O3S/c12-6-3-7(13)10(8(14)4-6)21(19,20)17-2-1-16-5-9(17)11(15)18/h3-4,9,16H,1-2,5H2,(H2,15,18). The van der Waals surface area contributed by atoms with E-state index in [4.69, 9.17) is 5.73 Å². The van der Waals surface area contributed by atoms with Crippen molar-refractivity contribution >= 4 is 15.9 Å². The molecule has 0 aliphatic carbocycles. The predicted octanol–water partition coefficient (Wildman–Crippen LogP) is -0.448. The molecule has 1 atom stereocenters. The monoisotopic (exact) mass is 323 g/mol. The molecule has 1 heterocycles. The molecule has 6 nitrogen and oxygen atoms in total. The molecule has 116 valence electrons. The Labute approximate surface area is 118 Å². The summed E-state index contributed by atoms with van der Waals surface area (Å²) in [6, 6.07) is -0.748. The first-order valence-electron chi connectivity index (χ1n) is 5.91. The molecule has 1 amide bonds. The third kappa shape index (κ3) is 2.87. The average molecular weight is 323 g/mol. The fraction of sp³-hybridized carbons (Fsp3) is 0.364. The van der Waals surface area contributed by atoms with E-state index in [2.05, 4.69) is 5.32 Å². The topological polar surface area (TPSA) is 92.5 Å². The Kier molecular flexibility index (Phi) is 4.21. The Morgan fingerprint density at radius 2 is 1.86 bits per heavy atom. The van der Waals surface area contributed by atoms with E-state index >= 15 is 0 Å². The SMILES string of the molecule is NC(=O)C1CNCCN1S(=O)(=O)c1c(F)cc(F)cc1F. The lowest BCUT2D eigenvalue weighted by molar-refractivity contribution is -0.122. The second-order valence-electron chi connectivity index (χ2n) is 4.44. The van der Waals surface area contributed by atoms with Gasteiger partial charge in [0.25, 0.3) is 0 Å². The van der Waals surface area contributed by atoms with Gasteiger partial charge in [0.15, 0.2) is 4.90 Å². The third-order valence-corrected chi connectivity index (χ3v) is 5.01. The van der Waals surface area contributed by atoms with Gasteiger partial charge in [0.05, 0.1) is 0 Å². The minimum absolute atomic E-state index is 0.0704. The van der Waals surface area contributed by atoms with E-state index in [0.717, 1.165) is 0 Å². The summed E-state index contributed by atoms with van der Waals surface area (Å²) >= 11 is 0. The number of carbonyl (C=O) groups excluding carboxylic acids is 1. The van der Waals surface area contributed by atoms with Crippen LogP contribution in [0.3, 0.4) is 0 Å². The zero-order valence-corrected chi connectivity index (χ0v) is 11.5. The van der Waals surface area contributed by atoms with Gasteiger partial charge >= 0.3 is 0 Å². The number of sulfonamides is 1. The van der Waals surface area contributed by atoms with Crippen LogP contribution in [0.25, 0.3) is 0 Å². The van der Waals surface area contributed by atoms with Gasteiger partial charge in [-0.05, 0) is 0 Å². The fourth-order valence-corrected chi connectivity index (χ4v) is 3.80. The van der Waals surface area contributed by atoms with Gasteiger partial charge in [-0.1, -0.05) is 0 Å². The summed E-state index contributed by atoms with van der Waals surface area (Å²) in [6.45, 7) is -0.0708. The van der Waals surface area contributed by atoms with Crippen LogP contribution >= 0.6 is 0 Å². The van der Waals surface area contributed by atoms with Crippen LogP contribution < -0.4 is 11.1 Å². The van der Waals surface area contributed by atoms with Gasteiger partial charge in [0.1, 0.15) is 23.5 Å². The van der Waals surface area contributed by atoms with Gasteiger partial charge in [0, 0.05) is 31.8 Å². The summed E-state index contributed by atoms with van der Waals surface area (Å²) in [5.41, 5.74) is 5.10. The lowest BCUT2D eigenvalue weighted by Gasteiger charge is -2.33. The maximum atomic E-state index is 13.7. The van der Waals surface area contributed by atoms with Crippen molar-refractivity contribution < 1.29 is 26.4 Å². The molecule has 21 heavy (non-hydrogen) atoms. The Balaban J connectivity index is 2.53. The number of carbonyl (C=O) groups is 1. The molecule has 1 aromatic rings. The van der Waals surface area contributed by atoms with Crippen LogP contribution in [0, 0.1) is 17.5 Å². The molecule has 0 bridgehead atoms. The highest BCUT2D eigenvalue weighted by Crippen LogP contribution is 2.25. The fourth-order valence-electron chi connectivity index (χ4n) is 2.11. The summed E-state index contributed by atoms with van der Waals surface area (Å²) in [4.78, 5) is 10.0. The highest BCUT2D eigenvalue weighted by Gasteiger charge is 2.39. The summed E-state index contributed by atoms with van der Waals surface area (Å²) in [5.74, 6) is -5.31. The van der Waals surface area contributed by atoms with Gasteiger partial charge in [-0.25, -0.2) is 21.6 Å². The molecule has 1 saturated heterocycles. The molecule has 2 rings (SSSR count). The first-order valence-corrected chi connectivity index (χ1v) is 7.35. The lowest BCUT2D eigenvalue weighted by atomic mass is 10.2. The molecule has 1 aliphatic heterocycles. The summed E-state index contributed by atoms with van der Waals surface area (Å²) in [6.07, 6.45) is 0. The highest BCUT2D eigenvalue weighted by molar-refractivity contribution is 7.89. The molecule has 0 aromatic heterocycles. The number of piperazine rings is 1. The quantitative estimate of drug-likeness (QED) is 0.788. The molecule has 3 N–H and O–H groups in total. The number of halogens is 3. The highest BCUT2D eigenvalue weighted by atomic mass is 32.2. The molecule has 1 unspecified atom stereocenters. The van der Waals surface area contributed by atoms with Crippen LogP contribution in [0.1, 0.15) is 0 Å². The van der Waals surface area contributed by atoms with Crippen LogP contribution in [0.5, 0.6) is 0 Å². The number of hydrogen-bond donors (Lipinski definition) is 2. The Morgan fingerprint density at radius 3 is 2.38 bits per heavy atom. The second kappa shape index (κ2) is 5.62. The van der Waals surface area contributed by atoms with E-state index in [9.17, 15) is 26.4 Å². The molecule has 1 fully saturated rings. The Bertz CT molecular complexity index is 658. The number of rotatable bonds is 3. The molecule has 0 radical (unpaired) electrons. The van der Waals surface area contributed by atoms with Crippen molar-refractivity contribution in [3.63, 3.8) is 0 Å². The van der Waals surface area contributed by atoms with Gasteiger partial charge < -0.3 is 11.1 Å². The lowest BCUT2D eigenvalue weighted by Crippen LogP contribution is -2.58. The number of nitrogens with one attached hydrogen (secondary N) is 1. The largest absolute Gasteiger partial charge is 0.368 e. The van der Waals surface area contributed by atoms with Crippen molar-refractivity contribution in [2.24, 2.45) is 5.73 Å². The van der Waals surface area contributed by atoms with E-state index in [1.54, 1.807) is 0 Å². The van der Waals surface area contributed by atoms with Crippen molar-refractivity contribution in [1.82, 2.24) is 9.62 Å². The maximum absolute atomic E-state index is 13.7. The summed E-state index contributed by atoms with van der Waals surface area (Å²) in [7, 11) is -4.66. The average Bonchev–Trinajstić information content (AvgIpc) is 2.37. The van der Waals surface area contributed by atoms with E-state index in [1.165, 1.54) is 0 Å². The van der Waals surface area contributed by atoms with Gasteiger partial charge in [-0.2, -0.15) is 4.31 Å². The Hall–Kier alpha value is -1.65. The van der Waals surface area contributed by atoms with Gasteiger partial charge in [0.2, 0.25) is 15.9 Å². The number of amides is 1. The van der Waals surface area contributed by atoms with Crippen molar-refractivity contribution in [1.29, 1.82) is 0 Å². The molecule has 10 heteroatoms. The summed E-state index contributed by atoms with van der Waals surface area (Å²) in [5, 5.41) is 2.75. The molecule has 0 saturated carbocycles. The molecule has 0 spiro atoms. The minimum atomic E-state index is -4.66. The molecule has 1 aromatic carbocycles. The predicted molar refractivity (Wildman–Crippen MR) is 66.1 cm³/mol. The number of nitrogens with two attached hydrogens (primary N) is 1. The molecule has 1 aliphatic rings. The Morgan fingerprint density at radius 1 is 1.29 bits per heavy atom. The van der Waals surface area contributed by atoms with Crippen LogP contribution in [0.2, 0.25) is 0 Å². The van der Waals surface area contributed by atoms with E-state index in [-0.39, 0.29) is 31.8 Å². The minimum Gasteiger partial charge on any atom is -0.368 e. The van der Waals surface area contributed by atoms with Gasteiger partial charge in [-0.15, -0.1) is 0 Å². The molecular formula is C11H12F3N3O3S. The number of primary amides is 1. The van der Waals surface area contributed by atoms with Gasteiger partial charge in [-0.3, -0.25) is 4.79 Å². The third-order valence-electron chi connectivity index (χ3n) is 3.05. The van der Waals surface area contributed by atoms with Crippen molar-refractivity contribution in [2.75, 3.05) is 19.6 Å². The zero-order chi connectivity index (χ0) is 15.8. The summed E-state index contributed by atoms with van der Waals surface area (Å²) < 4.78 is 65.5. The number of hydrogen-bond acceptors (Lipinski definition) is 4. The van der Waals surface area contributed by atoms with Crippen molar-refractivity contribution in [3.8, 4) is 0 Å². The zero-order valence-electron chi connectivity index (χ0n) is 10.6. The van der Waals surface area contributed by atoms with Crippen LogP contribution in [-0.2, 0) is 14.8 Å². The first-order chi connectivity index (χ1) is 9.75. The number of nitrogens with zero attached hydrogens (tertiary/aromatic N) is 1. The van der Waals surface area contributed by atoms with Crippen molar-refractivity contribution in [2.45, 2.75) is 10.9 Å².